The van der Waals surface area contributed by atoms with Crippen LogP contribution in [0.5, 0.6) is 0 Å². The number of imidazole rings is 1. The predicted molar refractivity (Wildman–Crippen MR) is 98.8 cm³/mol. The molecule has 24 heavy (non-hydrogen) atoms. The Balaban J connectivity index is 2.39. The van der Waals surface area contributed by atoms with Crippen LogP contribution < -0.4 is 5.73 Å². The van der Waals surface area contributed by atoms with Crippen LogP contribution in [0.25, 0.3) is 21.9 Å². The lowest BCUT2D eigenvalue weighted by atomic mass is 10.0. The lowest BCUT2D eigenvalue weighted by Crippen LogP contribution is -2.09. The molecule has 3 rings (SSSR count). The first-order valence-corrected chi connectivity index (χ1v) is 8.73. The second kappa shape index (κ2) is 6.77. The minimum Gasteiger partial charge on any atom is -0.388 e. The molecule has 0 radical (unpaired) electrons. The minimum absolute atomic E-state index is 0.0978. The van der Waals surface area contributed by atoms with E-state index in [1.165, 1.54) is 5.56 Å². The highest BCUT2D eigenvalue weighted by atomic mass is 16.3. The van der Waals surface area contributed by atoms with E-state index in [-0.39, 0.29) is 6.61 Å². The Bertz CT molecular complexity index is 867. The third kappa shape index (κ3) is 2.84. The molecule has 0 aliphatic heterocycles. The number of hydrogen-bond acceptors (Lipinski definition) is 4. The number of pyridine rings is 1. The highest BCUT2D eigenvalue weighted by molar-refractivity contribution is 6.08. The summed E-state index contributed by atoms with van der Waals surface area (Å²) in [6, 6.07) is 6.22. The molecule has 0 amide bonds. The number of nitrogens with two attached hydrogens (primary N) is 1. The fourth-order valence-corrected chi connectivity index (χ4v) is 3.33. The second-order valence-electron chi connectivity index (χ2n) is 6.80. The maximum atomic E-state index is 9.76. The molecule has 0 aliphatic rings. The summed E-state index contributed by atoms with van der Waals surface area (Å²) in [6.07, 6.45) is 3.29. The van der Waals surface area contributed by atoms with Gasteiger partial charge < -0.3 is 15.4 Å². The van der Waals surface area contributed by atoms with Crippen LogP contribution in [0, 0.1) is 5.92 Å². The maximum Gasteiger partial charge on any atom is 0.152 e. The molecule has 0 unspecified atom stereocenters. The molecule has 3 N–H and O–H groups in total. The van der Waals surface area contributed by atoms with E-state index in [0.29, 0.717) is 23.1 Å². The molecular weight excluding hydrogens is 300 g/mol. The summed E-state index contributed by atoms with van der Waals surface area (Å²) in [5.41, 5.74) is 10.1. The lowest BCUT2D eigenvalue weighted by Gasteiger charge is -2.14. The summed E-state index contributed by atoms with van der Waals surface area (Å²) in [7, 11) is 0. The van der Waals surface area contributed by atoms with Gasteiger partial charge in [-0.2, -0.15) is 0 Å². The van der Waals surface area contributed by atoms with Crippen LogP contribution >= 0.6 is 0 Å². The van der Waals surface area contributed by atoms with E-state index >= 15 is 0 Å². The zero-order valence-corrected chi connectivity index (χ0v) is 14.7. The molecule has 0 bridgehead atoms. The number of nitrogen functional groups attached to an aromatic ring is 1. The summed E-state index contributed by atoms with van der Waals surface area (Å²) in [4.78, 5) is 9.14. The van der Waals surface area contributed by atoms with Crippen molar-refractivity contribution in [2.24, 2.45) is 5.92 Å². The van der Waals surface area contributed by atoms with Crippen LogP contribution in [0.4, 0.5) is 5.82 Å². The number of aliphatic hydroxyl groups excluding tert-OH is 1. The van der Waals surface area contributed by atoms with Gasteiger partial charge in [-0.05, 0) is 30.4 Å². The Kier molecular flexibility index (Phi) is 4.71. The number of rotatable bonds is 6. The molecule has 5 heteroatoms. The maximum absolute atomic E-state index is 9.76. The summed E-state index contributed by atoms with van der Waals surface area (Å²) in [5.74, 6) is 1.53. The molecule has 0 fully saturated rings. The van der Waals surface area contributed by atoms with E-state index < -0.39 is 0 Å². The molecule has 0 atom stereocenters. The minimum atomic E-state index is -0.0978. The van der Waals surface area contributed by atoms with Crippen molar-refractivity contribution in [3.63, 3.8) is 0 Å². The highest BCUT2D eigenvalue weighted by Gasteiger charge is 2.19. The van der Waals surface area contributed by atoms with Crippen molar-refractivity contribution >= 4 is 27.8 Å². The van der Waals surface area contributed by atoms with Gasteiger partial charge in [-0.1, -0.05) is 39.3 Å². The van der Waals surface area contributed by atoms with Gasteiger partial charge >= 0.3 is 0 Å². The summed E-state index contributed by atoms with van der Waals surface area (Å²) >= 11 is 0. The number of benzene rings is 1. The van der Waals surface area contributed by atoms with Gasteiger partial charge in [-0.25, -0.2) is 9.97 Å². The summed E-state index contributed by atoms with van der Waals surface area (Å²) < 4.78 is 2.12. The van der Waals surface area contributed by atoms with E-state index in [1.54, 1.807) is 0 Å². The van der Waals surface area contributed by atoms with E-state index in [9.17, 15) is 5.11 Å². The van der Waals surface area contributed by atoms with Crippen molar-refractivity contribution in [1.29, 1.82) is 0 Å². The van der Waals surface area contributed by atoms with Gasteiger partial charge in [0, 0.05) is 11.9 Å². The molecule has 2 heterocycles. The molecular formula is C19H26N4O. The Morgan fingerprint density at radius 2 is 2.04 bits per heavy atom. The van der Waals surface area contributed by atoms with Gasteiger partial charge in [0.1, 0.15) is 17.9 Å². The predicted octanol–water partition coefficient (Wildman–Crippen LogP) is 3.66. The number of nitrogens with zero attached hydrogens (tertiary/aromatic N) is 3. The summed E-state index contributed by atoms with van der Waals surface area (Å²) in [5, 5.41) is 10.9. The van der Waals surface area contributed by atoms with Crippen molar-refractivity contribution in [2.75, 3.05) is 5.73 Å². The molecule has 0 saturated heterocycles. The fourth-order valence-electron chi connectivity index (χ4n) is 3.33. The van der Waals surface area contributed by atoms with Gasteiger partial charge in [-0.3, -0.25) is 0 Å². The molecule has 128 valence electrons. The Morgan fingerprint density at radius 3 is 2.71 bits per heavy atom. The standard InChI is InChI=1S/C19H26N4O/c1-4-5-7-13-8-6-9-14-16(13)18-17(19(20)21-14)22-15(11-24)23(18)10-12(2)3/h6,8-9,12,24H,4-5,7,10-11H2,1-3H3,(H2,20,21). The number of hydrogen-bond donors (Lipinski definition) is 2. The number of aliphatic hydroxyl groups is 1. The van der Waals surface area contributed by atoms with Gasteiger partial charge in [0.25, 0.3) is 0 Å². The first-order valence-electron chi connectivity index (χ1n) is 8.73. The smallest absolute Gasteiger partial charge is 0.152 e. The van der Waals surface area contributed by atoms with Gasteiger partial charge in [-0.15, -0.1) is 0 Å². The number of anilines is 1. The highest BCUT2D eigenvalue weighted by Crippen LogP contribution is 2.32. The zero-order valence-electron chi connectivity index (χ0n) is 14.7. The van der Waals surface area contributed by atoms with Crippen molar-refractivity contribution in [2.45, 2.75) is 53.2 Å². The Labute approximate surface area is 142 Å². The Hall–Kier alpha value is -2.14. The van der Waals surface area contributed by atoms with E-state index in [4.69, 9.17) is 5.73 Å². The number of aryl methyl sites for hydroxylation is 1. The summed E-state index contributed by atoms with van der Waals surface area (Å²) in [6.45, 7) is 7.23. The quantitative estimate of drug-likeness (QED) is 0.725. The third-order valence-corrected chi connectivity index (χ3v) is 4.38. The number of aromatic nitrogens is 3. The van der Waals surface area contributed by atoms with Crippen LogP contribution in [-0.4, -0.2) is 19.6 Å². The van der Waals surface area contributed by atoms with Gasteiger partial charge in [0.05, 0.1) is 11.0 Å². The number of fused-ring (bicyclic) bond motifs is 3. The molecule has 0 spiro atoms. The van der Waals surface area contributed by atoms with Crippen LogP contribution in [0.2, 0.25) is 0 Å². The molecule has 1 aromatic carbocycles. The average Bonchev–Trinajstić information content (AvgIpc) is 2.91. The van der Waals surface area contributed by atoms with Gasteiger partial charge in [0.2, 0.25) is 0 Å². The molecule has 0 saturated carbocycles. The topological polar surface area (TPSA) is 77.0 Å². The van der Waals surface area contributed by atoms with E-state index in [0.717, 1.165) is 42.2 Å². The van der Waals surface area contributed by atoms with Gasteiger partial charge in [0.15, 0.2) is 5.82 Å². The third-order valence-electron chi connectivity index (χ3n) is 4.38. The largest absolute Gasteiger partial charge is 0.388 e. The lowest BCUT2D eigenvalue weighted by molar-refractivity contribution is 0.264. The zero-order chi connectivity index (χ0) is 17.3. The second-order valence-corrected chi connectivity index (χ2v) is 6.80. The van der Waals surface area contributed by atoms with Crippen molar-refractivity contribution in [3.05, 3.63) is 29.6 Å². The van der Waals surface area contributed by atoms with Crippen molar-refractivity contribution in [3.8, 4) is 0 Å². The van der Waals surface area contributed by atoms with E-state index in [1.807, 2.05) is 12.1 Å². The molecule has 5 nitrogen and oxygen atoms in total. The number of unbranched alkanes of at least 4 members (excludes halogenated alkanes) is 1. The Morgan fingerprint density at radius 1 is 1.25 bits per heavy atom. The average molecular weight is 326 g/mol. The van der Waals surface area contributed by atoms with Crippen LogP contribution in [0.3, 0.4) is 0 Å². The fraction of sp³-hybridized carbons (Fsp3) is 0.474. The van der Waals surface area contributed by atoms with E-state index in [2.05, 4.69) is 41.4 Å². The molecule has 3 aromatic rings. The normalized spacial score (nSPS) is 11.9. The van der Waals surface area contributed by atoms with Crippen LogP contribution in [0.15, 0.2) is 18.2 Å². The molecule has 2 aromatic heterocycles. The first kappa shape index (κ1) is 16.7. The molecule has 0 aliphatic carbocycles. The SMILES string of the molecule is CCCCc1cccc2nc(N)c3nc(CO)n(CC(C)C)c3c12. The van der Waals surface area contributed by atoms with Crippen molar-refractivity contribution < 1.29 is 5.11 Å². The van der Waals surface area contributed by atoms with Crippen LogP contribution in [-0.2, 0) is 19.6 Å². The monoisotopic (exact) mass is 326 g/mol. The van der Waals surface area contributed by atoms with Crippen LogP contribution in [0.1, 0.15) is 45.0 Å². The first-order chi connectivity index (χ1) is 11.6. The van der Waals surface area contributed by atoms with Crippen molar-refractivity contribution in [1.82, 2.24) is 14.5 Å².